The molecule has 2 fully saturated rings. The Bertz CT molecular complexity index is 956. The fraction of sp³-hybridized carbons (Fsp3) is 0.577. The highest BCUT2D eigenvalue weighted by Gasteiger charge is 2.27. The van der Waals surface area contributed by atoms with Gasteiger partial charge in [-0.2, -0.15) is 4.98 Å². The van der Waals surface area contributed by atoms with E-state index in [-0.39, 0.29) is 5.78 Å². The number of ether oxygens (including phenoxy) is 1. The lowest BCUT2D eigenvalue weighted by molar-refractivity contribution is -0.115. The molecule has 0 aromatic carbocycles. The van der Waals surface area contributed by atoms with Crippen LogP contribution < -0.4 is 15.5 Å². The first-order chi connectivity index (χ1) is 16.1. The van der Waals surface area contributed by atoms with E-state index in [9.17, 15) is 4.79 Å². The van der Waals surface area contributed by atoms with Gasteiger partial charge >= 0.3 is 0 Å². The van der Waals surface area contributed by atoms with Crippen LogP contribution >= 0.6 is 0 Å². The number of allylic oxidation sites excluding steroid dienone is 4. The maximum absolute atomic E-state index is 12.6. The minimum Gasteiger partial charge on any atom is -0.378 e. The van der Waals surface area contributed by atoms with E-state index in [1.54, 1.807) is 0 Å². The molecule has 33 heavy (non-hydrogen) atoms. The van der Waals surface area contributed by atoms with E-state index in [1.807, 2.05) is 20.0 Å². The highest BCUT2D eigenvalue weighted by Crippen LogP contribution is 2.35. The van der Waals surface area contributed by atoms with Gasteiger partial charge in [0.1, 0.15) is 11.6 Å². The zero-order valence-electron chi connectivity index (χ0n) is 20.2. The lowest BCUT2D eigenvalue weighted by Gasteiger charge is -2.30. The molecule has 7 heteroatoms. The second kappa shape index (κ2) is 11.0. The molecule has 1 saturated heterocycles. The Kier molecular flexibility index (Phi) is 7.81. The van der Waals surface area contributed by atoms with E-state index >= 15 is 0 Å². The minimum atomic E-state index is 0.212. The zero-order valence-corrected chi connectivity index (χ0v) is 20.2. The monoisotopic (exact) mass is 451 g/mol. The molecule has 1 aliphatic heterocycles. The number of nitrogens with zero attached hydrogens (tertiary/aromatic N) is 3. The number of nitrogens with one attached hydrogen (secondary N) is 2. The van der Waals surface area contributed by atoms with E-state index in [0.29, 0.717) is 37.9 Å². The molecule has 4 rings (SSSR count). The third-order valence-corrected chi connectivity index (χ3v) is 6.68. The van der Waals surface area contributed by atoms with Crippen molar-refractivity contribution in [3.8, 4) is 0 Å². The highest BCUT2D eigenvalue weighted by molar-refractivity contribution is 6.02. The number of fused-ring (bicyclic) bond motifs is 1. The number of ketones is 1. The third kappa shape index (κ3) is 5.46. The smallest absolute Gasteiger partial charge is 0.230 e. The molecule has 0 radical (unpaired) electrons. The summed E-state index contributed by atoms with van der Waals surface area (Å²) >= 11 is 0. The average molecular weight is 452 g/mol. The number of carbonyl (C=O) groups is 1. The van der Waals surface area contributed by atoms with Crippen LogP contribution in [-0.4, -0.2) is 49.1 Å². The molecule has 0 atom stereocenters. The molecule has 7 nitrogen and oxygen atoms in total. The summed E-state index contributed by atoms with van der Waals surface area (Å²) < 4.78 is 5.56. The van der Waals surface area contributed by atoms with Crippen LogP contribution in [0.3, 0.4) is 0 Å². The summed E-state index contributed by atoms with van der Waals surface area (Å²) in [5.41, 5.74) is 4.13. The summed E-state index contributed by atoms with van der Waals surface area (Å²) in [6.07, 6.45) is 13.4. The van der Waals surface area contributed by atoms with Crippen molar-refractivity contribution < 1.29 is 9.53 Å². The van der Waals surface area contributed by atoms with Gasteiger partial charge in [-0.3, -0.25) is 4.79 Å². The standard InChI is InChI=1S/C26H37N5O2/c1-4-7-19(18-9-6-10-18)17-24(27-3)29-26-28-22-16-20(23(32)8-5-2)15-21(22)25(30-26)31-11-13-33-14-12-31/h7,16-18,27H,4-6,8-15H2,1-3H3,(H,28,29,30)/b19-7+,24-17+. The lowest BCUT2D eigenvalue weighted by Crippen LogP contribution is -2.37. The Labute approximate surface area is 197 Å². The van der Waals surface area contributed by atoms with Crippen molar-refractivity contribution in [1.82, 2.24) is 15.3 Å². The molecule has 0 bridgehead atoms. The summed E-state index contributed by atoms with van der Waals surface area (Å²) in [6, 6.07) is 0. The van der Waals surface area contributed by atoms with Gasteiger partial charge in [0.05, 0.1) is 18.9 Å². The molecule has 2 aliphatic carbocycles. The van der Waals surface area contributed by atoms with Crippen LogP contribution in [0.1, 0.15) is 63.6 Å². The van der Waals surface area contributed by atoms with Crippen LogP contribution in [0.25, 0.3) is 6.08 Å². The van der Waals surface area contributed by atoms with Crippen molar-refractivity contribution in [2.75, 3.05) is 43.6 Å². The van der Waals surface area contributed by atoms with Crippen molar-refractivity contribution in [2.45, 2.75) is 58.8 Å². The van der Waals surface area contributed by atoms with Gasteiger partial charge in [0.2, 0.25) is 5.95 Å². The normalized spacial score (nSPS) is 19.1. The van der Waals surface area contributed by atoms with E-state index < -0.39 is 0 Å². The molecule has 2 heterocycles. The summed E-state index contributed by atoms with van der Waals surface area (Å²) in [5.74, 6) is 3.22. The molecule has 2 N–H and O–H groups in total. The number of hydrogen-bond acceptors (Lipinski definition) is 7. The number of hydrogen-bond donors (Lipinski definition) is 2. The molecule has 3 aliphatic rings. The Balaban J connectivity index is 1.64. The number of anilines is 2. The zero-order chi connectivity index (χ0) is 23.2. The van der Waals surface area contributed by atoms with Crippen LogP contribution in [-0.2, 0) is 16.0 Å². The maximum Gasteiger partial charge on any atom is 0.230 e. The van der Waals surface area contributed by atoms with E-state index in [4.69, 9.17) is 14.7 Å². The van der Waals surface area contributed by atoms with E-state index in [2.05, 4.69) is 34.6 Å². The first kappa shape index (κ1) is 23.5. The SMILES string of the molecule is CC/C=C(\C=C(/NC)Nc1nc2c(c(N3CCOCC3)n1)CC(C(=O)CCC)=C2)C1CCC1. The Hall–Kier alpha value is -2.67. The minimum absolute atomic E-state index is 0.212. The second-order valence-electron chi connectivity index (χ2n) is 9.03. The molecule has 178 valence electrons. The summed E-state index contributed by atoms with van der Waals surface area (Å²) in [4.78, 5) is 24.6. The first-order valence-corrected chi connectivity index (χ1v) is 12.5. The van der Waals surface area contributed by atoms with Crippen molar-refractivity contribution in [3.05, 3.63) is 40.4 Å². The summed E-state index contributed by atoms with van der Waals surface area (Å²) in [5, 5.41) is 6.69. The van der Waals surface area contributed by atoms with Crippen molar-refractivity contribution in [3.63, 3.8) is 0 Å². The fourth-order valence-corrected chi connectivity index (χ4v) is 4.62. The van der Waals surface area contributed by atoms with Crippen molar-refractivity contribution >= 4 is 23.6 Å². The molecular formula is C26H37N5O2. The van der Waals surface area contributed by atoms with Gasteiger partial charge in [0.15, 0.2) is 5.78 Å². The molecule has 1 saturated carbocycles. The van der Waals surface area contributed by atoms with Crippen molar-refractivity contribution in [1.29, 1.82) is 0 Å². The molecular weight excluding hydrogens is 414 g/mol. The fourth-order valence-electron chi connectivity index (χ4n) is 4.62. The molecule has 1 aromatic heterocycles. The van der Waals surface area contributed by atoms with Crippen molar-refractivity contribution in [2.24, 2.45) is 5.92 Å². The topological polar surface area (TPSA) is 79.4 Å². The molecule has 0 unspecified atom stereocenters. The number of morpholine rings is 1. The van der Waals surface area contributed by atoms with Gasteiger partial charge in [0.25, 0.3) is 0 Å². The highest BCUT2D eigenvalue weighted by atomic mass is 16.5. The average Bonchev–Trinajstić information content (AvgIpc) is 3.22. The van der Waals surface area contributed by atoms with Crippen LogP contribution in [0.4, 0.5) is 11.8 Å². The quantitative estimate of drug-likeness (QED) is 0.515. The van der Waals surface area contributed by atoms with Gasteiger partial charge in [0, 0.05) is 44.1 Å². The maximum atomic E-state index is 12.6. The predicted molar refractivity (Wildman–Crippen MR) is 133 cm³/mol. The number of Topliss-reactive ketones (excluding diaryl/α,β-unsaturated/α-hetero) is 1. The Morgan fingerprint density at radius 1 is 1.24 bits per heavy atom. The van der Waals surface area contributed by atoms with Gasteiger partial charge in [-0.25, -0.2) is 4.98 Å². The largest absolute Gasteiger partial charge is 0.378 e. The number of carbonyl (C=O) groups excluding carboxylic acids is 1. The van der Waals surface area contributed by atoms with Crippen LogP contribution in [0.15, 0.2) is 29.1 Å². The van der Waals surface area contributed by atoms with Gasteiger partial charge in [-0.15, -0.1) is 0 Å². The van der Waals surface area contributed by atoms with Gasteiger partial charge in [-0.05, 0) is 49.3 Å². The van der Waals surface area contributed by atoms with E-state index in [1.165, 1.54) is 24.8 Å². The predicted octanol–water partition coefficient (Wildman–Crippen LogP) is 4.23. The lowest BCUT2D eigenvalue weighted by atomic mass is 9.79. The van der Waals surface area contributed by atoms with Gasteiger partial charge < -0.3 is 20.3 Å². The van der Waals surface area contributed by atoms with Gasteiger partial charge in [-0.1, -0.05) is 26.3 Å². The first-order valence-electron chi connectivity index (χ1n) is 12.5. The van der Waals surface area contributed by atoms with Crippen LogP contribution in [0.2, 0.25) is 0 Å². The van der Waals surface area contributed by atoms with Crippen LogP contribution in [0.5, 0.6) is 0 Å². The Morgan fingerprint density at radius 3 is 2.67 bits per heavy atom. The summed E-state index contributed by atoms with van der Waals surface area (Å²) in [7, 11) is 1.92. The summed E-state index contributed by atoms with van der Waals surface area (Å²) in [6.45, 7) is 7.18. The number of aromatic nitrogens is 2. The number of rotatable bonds is 10. The Morgan fingerprint density at radius 2 is 2.03 bits per heavy atom. The molecule has 0 spiro atoms. The molecule has 0 amide bonds. The van der Waals surface area contributed by atoms with Crippen LogP contribution in [0, 0.1) is 5.92 Å². The third-order valence-electron chi connectivity index (χ3n) is 6.68. The second-order valence-corrected chi connectivity index (χ2v) is 9.03. The van der Waals surface area contributed by atoms with E-state index in [0.717, 1.165) is 54.4 Å². The molecule has 1 aromatic rings.